The molecular weight excluding hydrogens is 372 g/mol. The Morgan fingerprint density at radius 3 is 2.24 bits per heavy atom. The smallest absolute Gasteiger partial charge is 0.292 e. The predicted molar refractivity (Wildman–Crippen MR) is 111 cm³/mol. The molecule has 0 aliphatic carbocycles. The number of ketones is 1. The van der Waals surface area contributed by atoms with Crippen LogP contribution in [-0.4, -0.2) is 53.7 Å². The normalized spacial score (nSPS) is 15.6. The van der Waals surface area contributed by atoms with Gasteiger partial charge in [0.25, 0.3) is 5.69 Å². The second-order valence-corrected chi connectivity index (χ2v) is 7.07. The van der Waals surface area contributed by atoms with Crippen molar-refractivity contribution >= 4 is 28.8 Å². The molecule has 2 aromatic carbocycles. The van der Waals surface area contributed by atoms with Crippen LogP contribution in [0.15, 0.2) is 48.5 Å². The number of carbonyl (C=O) groups excluding carboxylic acids is 2. The SMILES string of the molecule is CC(=O)c1ccc(N2CCN(C(C)C(=O)Nc3ccccc3[N+](=O)[O-])CC2)cc1. The van der Waals surface area contributed by atoms with Crippen LogP contribution in [0, 0.1) is 10.1 Å². The molecule has 1 heterocycles. The molecule has 29 heavy (non-hydrogen) atoms. The molecular formula is C21H24N4O4. The minimum Gasteiger partial charge on any atom is -0.369 e. The monoisotopic (exact) mass is 396 g/mol. The number of anilines is 2. The number of para-hydroxylation sites is 2. The van der Waals surface area contributed by atoms with Crippen molar-refractivity contribution in [3.8, 4) is 0 Å². The molecule has 2 aromatic rings. The van der Waals surface area contributed by atoms with Crippen LogP contribution in [0.2, 0.25) is 0 Å². The quantitative estimate of drug-likeness (QED) is 0.458. The summed E-state index contributed by atoms with van der Waals surface area (Å²) in [5.74, 6) is -0.224. The summed E-state index contributed by atoms with van der Waals surface area (Å²) in [6, 6.07) is 13.3. The highest BCUT2D eigenvalue weighted by atomic mass is 16.6. The molecule has 0 aromatic heterocycles. The molecule has 1 aliphatic rings. The van der Waals surface area contributed by atoms with Gasteiger partial charge in [-0.2, -0.15) is 0 Å². The summed E-state index contributed by atoms with van der Waals surface area (Å²) < 4.78 is 0. The van der Waals surface area contributed by atoms with Crippen molar-refractivity contribution in [2.24, 2.45) is 0 Å². The van der Waals surface area contributed by atoms with E-state index in [4.69, 9.17) is 0 Å². The molecule has 0 spiro atoms. The maximum atomic E-state index is 12.6. The highest BCUT2D eigenvalue weighted by molar-refractivity contribution is 5.96. The number of nitrogens with one attached hydrogen (secondary N) is 1. The van der Waals surface area contributed by atoms with Crippen LogP contribution >= 0.6 is 0 Å². The molecule has 1 amide bonds. The third-order valence-corrected chi connectivity index (χ3v) is 5.24. The van der Waals surface area contributed by atoms with E-state index in [0.29, 0.717) is 18.7 Å². The number of piperazine rings is 1. The molecule has 1 unspecified atom stereocenters. The Kier molecular flexibility index (Phi) is 6.23. The van der Waals surface area contributed by atoms with E-state index in [0.717, 1.165) is 18.8 Å². The molecule has 152 valence electrons. The molecule has 1 aliphatic heterocycles. The first-order valence-corrected chi connectivity index (χ1v) is 9.51. The second-order valence-electron chi connectivity index (χ2n) is 7.07. The molecule has 3 rings (SSSR count). The Morgan fingerprint density at radius 1 is 1.03 bits per heavy atom. The number of hydrogen-bond acceptors (Lipinski definition) is 6. The summed E-state index contributed by atoms with van der Waals surface area (Å²) in [6.07, 6.45) is 0. The van der Waals surface area contributed by atoms with Gasteiger partial charge in [0, 0.05) is 43.5 Å². The largest absolute Gasteiger partial charge is 0.369 e. The fraction of sp³-hybridized carbons (Fsp3) is 0.333. The van der Waals surface area contributed by atoms with Crippen molar-refractivity contribution in [1.82, 2.24) is 4.90 Å². The van der Waals surface area contributed by atoms with Gasteiger partial charge in [-0.15, -0.1) is 0 Å². The first kappa shape index (κ1) is 20.5. The Morgan fingerprint density at radius 2 is 1.66 bits per heavy atom. The van der Waals surface area contributed by atoms with E-state index in [1.165, 1.54) is 12.1 Å². The van der Waals surface area contributed by atoms with Crippen molar-refractivity contribution in [2.45, 2.75) is 19.9 Å². The minimum absolute atomic E-state index is 0.0415. The highest BCUT2D eigenvalue weighted by Gasteiger charge is 2.27. The first-order valence-electron chi connectivity index (χ1n) is 9.51. The van der Waals surface area contributed by atoms with Crippen LogP contribution in [0.25, 0.3) is 0 Å². The lowest BCUT2D eigenvalue weighted by atomic mass is 10.1. The van der Waals surface area contributed by atoms with Crippen LogP contribution in [-0.2, 0) is 4.79 Å². The summed E-state index contributed by atoms with van der Waals surface area (Å²) >= 11 is 0. The number of nitro benzene ring substituents is 1. The predicted octanol–water partition coefficient (Wildman–Crippen LogP) is 2.95. The van der Waals surface area contributed by atoms with E-state index in [9.17, 15) is 19.7 Å². The summed E-state index contributed by atoms with van der Waals surface area (Å²) in [6.45, 7) is 6.25. The minimum atomic E-state index is -0.504. The average Bonchev–Trinajstić information content (AvgIpc) is 2.73. The first-order chi connectivity index (χ1) is 13.9. The van der Waals surface area contributed by atoms with Crippen LogP contribution in [0.4, 0.5) is 17.1 Å². The zero-order valence-corrected chi connectivity index (χ0v) is 16.5. The summed E-state index contributed by atoms with van der Waals surface area (Å²) in [4.78, 5) is 38.9. The van der Waals surface area contributed by atoms with Gasteiger partial charge < -0.3 is 10.2 Å². The molecule has 1 saturated heterocycles. The molecule has 0 bridgehead atoms. The number of nitro groups is 1. The van der Waals surface area contributed by atoms with E-state index in [1.807, 2.05) is 24.3 Å². The van der Waals surface area contributed by atoms with E-state index in [1.54, 1.807) is 26.0 Å². The third-order valence-electron chi connectivity index (χ3n) is 5.24. The molecule has 1 N–H and O–H groups in total. The molecule has 8 heteroatoms. The van der Waals surface area contributed by atoms with Gasteiger partial charge in [-0.25, -0.2) is 0 Å². The number of Topliss-reactive ketones (excluding diaryl/α,β-unsaturated/α-hetero) is 1. The van der Waals surface area contributed by atoms with Gasteiger partial charge >= 0.3 is 0 Å². The standard InChI is InChI=1S/C21H24N4O4/c1-15(21(27)22-19-5-3-4-6-20(19)25(28)29)23-11-13-24(14-12-23)18-9-7-17(8-10-18)16(2)26/h3-10,15H,11-14H2,1-2H3,(H,22,27). The maximum Gasteiger partial charge on any atom is 0.292 e. The lowest BCUT2D eigenvalue weighted by Crippen LogP contribution is -2.52. The molecule has 0 radical (unpaired) electrons. The van der Waals surface area contributed by atoms with Crippen molar-refractivity contribution in [1.29, 1.82) is 0 Å². The summed E-state index contributed by atoms with van der Waals surface area (Å²) in [7, 11) is 0. The number of hydrogen-bond donors (Lipinski definition) is 1. The van der Waals surface area contributed by atoms with Crippen molar-refractivity contribution < 1.29 is 14.5 Å². The van der Waals surface area contributed by atoms with E-state index in [-0.39, 0.29) is 23.1 Å². The number of benzene rings is 2. The van der Waals surface area contributed by atoms with Gasteiger partial charge in [0.15, 0.2) is 5.78 Å². The second kappa shape index (κ2) is 8.83. The van der Waals surface area contributed by atoms with Crippen LogP contribution < -0.4 is 10.2 Å². The third kappa shape index (κ3) is 4.78. The molecule has 0 saturated carbocycles. The zero-order valence-electron chi connectivity index (χ0n) is 16.5. The molecule has 8 nitrogen and oxygen atoms in total. The molecule has 1 fully saturated rings. The van der Waals surface area contributed by atoms with Crippen LogP contribution in [0.5, 0.6) is 0 Å². The van der Waals surface area contributed by atoms with Crippen molar-refractivity contribution in [3.63, 3.8) is 0 Å². The molecule has 1 atom stereocenters. The van der Waals surface area contributed by atoms with Gasteiger partial charge in [-0.3, -0.25) is 24.6 Å². The van der Waals surface area contributed by atoms with Gasteiger partial charge in [0.05, 0.1) is 11.0 Å². The number of rotatable bonds is 6. The van der Waals surface area contributed by atoms with Gasteiger partial charge in [0.1, 0.15) is 5.69 Å². The van der Waals surface area contributed by atoms with E-state index >= 15 is 0 Å². The zero-order chi connectivity index (χ0) is 21.0. The Balaban J connectivity index is 1.58. The number of nitrogens with zero attached hydrogens (tertiary/aromatic N) is 3. The van der Waals surface area contributed by atoms with Crippen molar-refractivity contribution in [3.05, 3.63) is 64.2 Å². The Bertz CT molecular complexity index is 905. The van der Waals surface area contributed by atoms with Gasteiger partial charge in [-0.1, -0.05) is 12.1 Å². The van der Waals surface area contributed by atoms with Gasteiger partial charge in [-0.05, 0) is 44.2 Å². The van der Waals surface area contributed by atoms with E-state index < -0.39 is 11.0 Å². The fourth-order valence-electron chi connectivity index (χ4n) is 3.42. The maximum absolute atomic E-state index is 12.6. The Labute approximate surface area is 169 Å². The average molecular weight is 396 g/mol. The van der Waals surface area contributed by atoms with Gasteiger partial charge in [0.2, 0.25) is 5.91 Å². The van der Waals surface area contributed by atoms with E-state index in [2.05, 4.69) is 15.1 Å². The topological polar surface area (TPSA) is 95.8 Å². The van der Waals surface area contributed by atoms with Crippen LogP contribution in [0.1, 0.15) is 24.2 Å². The lowest BCUT2D eigenvalue weighted by molar-refractivity contribution is -0.383. The van der Waals surface area contributed by atoms with Crippen LogP contribution in [0.3, 0.4) is 0 Å². The summed E-state index contributed by atoms with van der Waals surface area (Å²) in [5.41, 5.74) is 1.82. The summed E-state index contributed by atoms with van der Waals surface area (Å²) in [5, 5.41) is 13.8. The highest BCUT2D eigenvalue weighted by Crippen LogP contribution is 2.24. The Hall–Kier alpha value is -3.26. The number of carbonyl (C=O) groups is 2. The fourth-order valence-corrected chi connectivity index (χ4v) is 3.42. The lowest BCUT2D eigenvalue weighted by Gasteiger charge is -2.38. The van der Waals surface area contributed by atoms with Crippen molar-refractivity contribution in [2.75, 3.05) is 36.4 Å². The number of amides is 1.